The number of rotatable bonds is 2. The van der Waals surface area contributed by atoms with E-state index in [2.05, 4.69) is 23.9 Å². The van der Waals surface area contributed by atoms with Crippen molar-refractivity contribution in [3.05, 3.63) is 42.4 Å². The molecule has 1 fully saturated rings. The third-order valence-corrected chi connectivity index (χ3v) is 4.29. The summed E-state index contributed by atoms with van der Waals surface area (Å²) in [6, 6.07) is 7.36. The first kappa shape index (κ1) is 20.4. The second-order valence-corrected chi connectivity index (χ2v) is 6.44. The quantitative estimate of drug-likeness (QED) is 0.878. The smallest absolute Gasteiger partial charge is 0.272 e. The van der Waals surface area contributed by atoms with Crippen molar-refractivity contribution in [1.29, 1.82) is 0 Å². The molecule has 1 saturated heterocycles. The molecule has 132 valence electrons. The summed E-state index contributed by atoms with van der Waals surface area (Å²) in [6.07, 6.45) is 4.31. The van der Waals surface area contributed by atoms with E-state index in [1.807, 2.05) is 23.1 Å². The number of nitrogens with zero attached hydrogens (tertiary/aromatic N) is 4. The number of pyridine rings is 1. The average Bonchev–Trinajstić information content (AvgIpc) is 3.04. The molecule has 0 saturated carbocycles. The van der Waals surface area contributed by atoms with Gasteiger partial charge in [0.2, 0.25) is 0 Å². The van der Waals surface area contributed by atoms with Crippen molar-refractivity contribution in [3.63, 3.8) is 0 Å². The van der Waals surface area contributed by atoms with Crippen LogP contribution in [0.2, 0.25) is 0 Å². The van der Waals surface area contributed by atoms with Gasteiger partial charge in [-0.1, -0.05) is 19.9 Å². The Kier molecular flexibility index (Phi) is 6.77. The van der Waals surface area contributed by atoms with Gasteiger partial charge in [0.05, 0.1) is 0 Å². The van der Waals surface area contributed by atoms with Crippen LogP contribution in [0, 0.1) is 5.41 Å². The molecule has 6 nitrogen and oxygen atoms in total. The minimum absolute atomic E-state index is 0. The Morgan fingerprint density at radius 3 is 2.67 bits per heavy atom. The van der Waals surface area contributed by atoms with Crippen LogP contribution in [0.4, 0.5) is 0 Å². The van der Waals surface area contributed by atoms with Gasteiger partial charge in [-0.05, 0) is 30.0 Å². The van der Waals surface area contributed by atoms with Crippen molar-refractivity contribution < 1.29 is 4.79 Å². The Balaban J connectivity index is 0.00000144. The molecule has 3 rings (SSSR count). The Morgan fingerprint density at radius 1 is 1.29 bits per heavy atom. The molecule has 3 heterocycles. The first-order chi connectivity index (χ1) is 10.5. The normalized spacial score (nSPS) is 19.1. The van der Waals surface area contributed by atoms with Gasteiger partial charge in [0.1, 0.15) is 5.69 Å². The summed E-state index contributed by atoms with van der Waals surface area (Å²) in [6.45, 7) is 5.53. The Hall–Kier alpha value is -1.63. The molecule has 1 aliphatic rings. The lowest BCUT2D eigenvalue weighted by atomic mass is 9.79. The first-order valence-electron chi connectivity index (χ1n) is 7.49. The highest BCUT2D eigenvalue weighted by Crippen LogP contribution is 2.28. The molecule has 0 radical (unpaired) electrons. The second-order valence-electron chi connectivity index (χ2n) is 6.44. The van der Waals surface area contributed by atoms with Crippen molar-refractivity contribution in [1.82, 2.24) is 19.7 Å². The minimum atomic E-state index is -0.0759. The number of halogens is 2. The lowest BCUT2D eigenvalue weighted by Gasteiger charge is -2.42. The zero-order valence-corrected chi connectivity index (χ0v) is 15.4. The van der Waals surface area contributed by atoms with Crippen molar-refractivity contribution >= 4 is 30.7 Å². The van der Waals surface area contributed by atoms with Crippen molar-refractivity contribution in [3.8, 4) is 5.82 Å². The lowest BCUT2D eigenvalue weighted by Crippen LogP contribution is -2.54. The largest absolute Gasteiger partial charge is 0.337 e. The van der Waals surface area contributed by atoms with Gasteiger partial charge < -0.3 is 10.6 Å². The number of likely N-dealkylation sites (tertiary alicyclic amines) is 1. The molecule has 0 aliphatic carbocycles. The summed E-state index contributed by atoms with van der Waals surface area (Å²) in [5.41, 5.74) is 6.50. The zero-order chi connectivity index (χ0) is 15.7. The fourth-order valence-corrected chi connectivity index (χ4v) is 2.78. The monoisotopic (exact) mass is 371 g/mol. The maximum absolute atomic E-state index is 12.7. The van der Waals surface area contributed by atoms with E-state index in [9.17, 15) is 4.79 Å². The highest BCUT2D eigenvalue weighted by molar-refractivity contribution is 5.92. The van der Waals surface area contributed by atoms with E-state index >= 15 is 0 Å². The van der Waals surface area contributed by atoms with Crippen LogP contribution in [0.3, 0.4) is 0 Å². The standard InChI is InChI=1S/C16H21N5O.2ClH/c1-16(2)11-20(10-7-13(16)17)15(22)12-5-3-6-14(19-12)21-9-4-8-18-21;;/h3-6,8-9,13H,7,10-11,17H2,1-2H3;2*1H. The van der Waals surface area contributed by atoms with Gasteiger partial charge in [0, 0.05) is 31.5 Å². The van der Waals surface area contributed by atoms with Gasteiger partial charge in [0.25, 0.3) is 5.91 Å². The van der Waals surface area contributed by atoms with Crippen LogP contribution in [0.1, 0.15) is 30.8 Å². The lowest BCUT2D eigenvalue weighted by molar-refractivity contribution is 0.0527. The number of hydrogen-bond donors (Lipinski definition) is 1. The zero-order valence-electron chi connectivity index (χ0n) is 13.8. The van der Waals surface area contributed by atoms with Crippen molar-refractivity contribution in [2.24, 2.45) is 11.1 Å². The molecule has 1 aliphatic heterocycles. The number of hydrogen-bond acceptors (Lipinski definition) is 4. The highest BCUT2D eigenvalue weighted by atomic mass is 35.5. The van der Waals surface area contributed by atoms with Gasteiger partial charge in [-0.3, -0.25) is 4.79 Å². The van der Waals surface area contributed by atoms with Gasteiger partial charge in [0.15, 0.2) is 5.82 Å². The predicted octanol–water partition coefficient (Wildman–Crippen LogP) is 2.31. The van der Waals surface area contributed by atoms with Gasteiger partial charge in [-0.2, -0.15) is 5.10 Å². The Morgan fingerprint density at radius 2 is 2.04 bits per heavy atom. The van der Waals surface area contributed by atoms with E-state index in [1.165, 1.54) is 0 Å². The molecule has 2 N–H and O–H groups in total. The molecule has 0 spiro atoms. The van der Waals surface area contributed by atoms with E-state index in [1.54, 1.807) is 23.1 Å². The molecule has 8 heteroatoms. The van der Waals surface area contributed by atoms with Gasteiger partial charge in [-0.15, -0.1) is 24.8 Å². The summed E-state index contributed by atoms with van der Waals surface area (Å²) in [5, 5.41) is 4.15. The van der Waals surface area contributed by atoms with E-state index in [0.717, 1.165) is 6.42 Å². The molecule has 0 bridgehead atoms. The minimum Gasteiger partial charge on any atom is -0.337 e. The predicted molar refractivity (Wildman–Crippen MR) is 98.1 cm³/mol. The number of nitrogens with two attached hydrogens (primary N) is 1. The van der Waals surface area contributed by atoms with E-state index in [4.69, 9.17) is 5.73 Å². The molecule has 2 aromatic rings. The summed E-state index contributed by atoms with van der Waals surface area (Å²) in [7, 11) is 0. The fourth-order valence-electron chi connectivity index (χ4n) is 2.78. The van der Waals surface area contributed by atoms with Crippen LogP contribution in [0.25, 0.3) is 5.82 Å². The number of aromatic nitrogens is 3. The van der Waals surface area contributed by atoms with E-state index in [-0.39, 0.29) is 42.2 Å². The molecule has 0 aromatic carbocycles. The summed E-state index contributed by atoms with van der Waals surface area (Å²) in [5.74, 6) is 0.595. The summed E-state index contributed by atoms with van der Waals surface area (Å²) in [4.78, 5) is 19.0. The maximum Gasteiger partial charge on any atom is 0.272 e. The topological polar surface area (TPSA) is 77.0 Å². The van der Waals surface area contributed by atoms with Crippen LogP contribution in [-0.4, -0.2) is 44.7 Å². The Labute approximate surface area is 154 Å². The third-order valence-electron chi connectivity index (χ3n) is 4.29. The molecule has 24 heavy (non-hydrogen) atoms. The summed E-state index contributed by atoms with van der Waals surface area (Å²) < 4.78 is 1.65. The van der Waals surface area contributed by atoms with Crippen LogP contribution >= 0.6 is 24.8 Å². The molecule has 1 amide bonds. The average molecular weight is 372 g/mol. The molecule has 1 unspecified atom stereocenters. The van der Waals surface area contributed by atoms with Crippen LogP contribution in [-0.2, 0) is 0 Å². The third kappa shape index (κ3) is 4.06. The molecular formula is C16H23Cl2N5O. The van der Waals surface area contributed by atoms with E-state index in [0.29, 0.717) is 24.6 Å². The number of amides is 1. The van der Waals surface area contributed by atoms with Crippen LogP contribution in [0.5, 0.6) is 0 Å². The first-order valence-corrected chi connectivity index (χ1v) is 7.49. The number of carbonyl (C=O) groups excluding carboxylic acids is 1. The molecule has 2 aromatic heterocycles. The molecule has 1 atom stereocenters. The molecular weight excluding hydrogens is 349 g/mol. The Bertz CT molecular complexity index is 675. The van der Waals surface area contributed by atoms with Gasteiger partial charge >= 0.3 is 0 Å². The van der Waals surface area contributed by atoms with Crippen molar-refractivity contribution in [2.75, 3.05) is 13.1 Å². The number of piperidine rings is 1. The summed E-state index contributed by atoms with van der Waals surface area (Å²) >= 11 is 0. The highest BCUT2D eigenvalue weighted by Gasteiger charge is 2.35. The van der Waals surface area contributed by atoms with Crippen LogP contribution < -0.4 is 5.73 Å². The second kappa shape index (κ2) is 7.96. The van der Waals surface area contributed by atoms with Crippen LogP contribution in [0.15, 0.2) is 36.7 Å². The van der Waals surface area contributed by atoms with E-state index < -0.39 is 0 Å². The SMILES string of the molecule is CC1(C)CN(C(=O)c2cccc(-n3cccn3)n2)CCC1N.Cl.Cl. The number of carbonyl (C=O) groups is 1. The van der Waals surface area contributed by atoms with Crippen molar-refractivity contribution in [2.45, 2.75) is 26.3 Å². The maximum atomic E-state index is 12.7. The fraction of sp³-hybridized carbons (Fsp3) is 0.438. The van der Waals surface area contributed by atoms with Gasteiger partial charge in [-0.25, -0.2) is 9.67 Å².